The normalized spacial score (nSPS) is 12.6. The van der Waals surface area contributed by atoms with Gasteiger partial charge in [-0.15, -0.1) is 11.3 Å². The highest BCUT2D eigenvalue weighted by atomic mass is 32.1. The number of aromatic nitrogens is 2. The van der Waals surface area contributed by atoms with Crippen LogP contribution < -0.4 is 10.9 Å². The third-order valence-corrected chi connectivity index (χ3v) is 5.06. The number of nitrogens with one attached hydrogen (secondary N) is 2. The Balaban J connectivity index is 1.88. The Morgan fingerprint density at radius 1 is 1.25 bits per heavy atom. The van der Waals surface area contributed by atoms with Gasteiger partial charge in [-0.1, -0.05) is 50.1 Å². The van der Waals surface area contributed by atoms with Gasteiger partial charge in [0.2, 0.25) is 0 Å². The average molecular weight is 341 g/mol. The minimum absolute atomic E-state index is 0.0428. The molecule has 2 heterocycles. The highest BCUT2D eigenvalue weighted by Crippen LogP contribution is 2.30. The fourth-order valence-corrected chi connectivity index (χ4v) is 3.75. The predicted octanol–water partition coefficient (Wildman–Crippen LogP) is 4.49. The van der Waals surface area contributed by atoms with Gasteiger partial charge in [-0.05, 0) is 25.5 Å². The minimum Gasteiger partial charge on any atom is -0.309 e. The number of H-pyrrole nitrogens is 1. The number of rotatable bonds is 7. The molecule has 0 amide bonds. The molecule has 0 aliphatic heterocycles. The van der Waals surface area contributed by atoms with Crippen LogP contribution in [0.3, 0.4) is 0 Å². The summed E-state index contributed by atoms with van der Waals surface area (Å²) < 4.78 is 0. The van der Waals surface area contributed by atoms with E-state index in [4.69, 9.17) is 0 Å². The molecule has 0 saturated heterocycles. The summed E-state index contributed by atoms with van der Waals surface area (Å²) in [4.78, 5) is 21.1. The fraction of sp³-hybridized carbons (Fsp3) is 0.368. The van der Waals surface area contributed by atoms with Gasteiger partial charge in [0, 0.05) is 10.9 Å². The molecule has 3 rings (SSSR count). The zero-order valence-corrected chi connectivity index (χ0v) is 15.0. The Labute approximate surface area is 146 Å². The summed E-state index contributed by atoms with van der Waals surface area (Å²) in [5, 5.41) is 6.14. The second-order valence-corrected chi connectivity index (χ2v) is 6.89. The maximum atomic E-state index is 12.6. The van der Waals surface area contributed by atoms with Gasteiger partial charge >= 0.3 is 0 Å². The Morgan fingerprint density at radius 3 is 2.79 bits per heavy atom. The van der Waals surface area contributed by atoms with Crippen LogP contribution in [0.4, 0.5) is 0 Å². The van der Waals surface area contributed by atoms with E-state index < -0.39 is 0 Å². The predicted molar refractivity (Wildman–Crippen MR) is 102 cm³/mol. The van der Waals surface area contributed by atoms with Crippen molar-refractivity contribution in [1.82, 2.24) is 15.3 Å². The second kappa shape index (κ2) is 7.73. The van der Waals surface area contributed by atoms with E-state index in [1.165, 1.54) is 24.2 Å². The fourth-order valence-electron chi connectivity index (χ4n) is 2.79. The van der Waals surface area contributed by atoms with Crippen molar-refractivity contribution in [3.8, 4) is 11.1 Å². The zero-order chi connectivity index (χ0) is 16.9. The number of thiophene rings is 1. The molecule has 5 heteroatoms. The Kier molecular flexibility index (Phi) is 5.43. The van der Waals surface area contributed by atoms with Crippen molar-refractivity contribution in [3.05, 3.63) is 51.9 Å². The molecule has 4 nitrogen and oxygen atoms in total. The number of nitrogens with zero attached hydrogens (tertiary/aromatic N) is 1. The van der Waals surface area contributed by atoms with Crippen molar-refractivity contribution in [3.63, 3.8) is 0 Å². The molecule has 0 bridgehead atoms. The maximum absolute atomic E-state index is 12.6. The SMILES string of the molecule is CCCCCN[C@@H](C)c1nc2scc(-c3ccccc3)c2c(=O)[nH]1. The maximum Gasteiger partial charge on any atom is 0.260 e. The number of unbranched alkanes of at least 4 members (excludes halogenated alkanes) is 2. The minimum atomic E-state index is -0.0580. The lowest BCUT2D eigenvalue weighted by Gasteiger charge is -2.12. The second-order valence-electron chi connectivity index (χ2n) is 6.03. The number of fused-ring (bicyclic) bond motifs is 1. The van der Waals surface area contributed by atoms with Crippen molar-refractivity contribution in [2.75, 3.05) is 6.54 Å². The average Bonchev–Trinajstić information content (AvgIpc) is 3.04. The van der Waals surface area contributed by atoms with Gasteiger partial charge in [0.1, 0.15) is 10.7 Å². The molecule has 0 aliphatic rings. The van der Waals surface area contributed by atoms with Crippen molar-refractivity contribution in [1.29, 1.82) is 0 Å². The third kappa shape index (κ3) is 3.57. The third-order valence-electron chi connectivity index (χ3n) is 4.19. The quantitative estimate of drug-likeness (QED) is 0.622. The number of hydrogen-bond donors (Lipinski definition) is 2. The lowest BCUT2D eigenvalue weighted by atomic mass is 10.1. The van der Waals surface area contributed by atoms with Crippen LogP contribution in [0.1, 0.15) is 45.0 Å². The number of benzene rings is 1. The summed E-state index contributed by atoms with van der Waals surface area (Å²) in [6, 6.07) is 10.0. The molecule has 0 saturated carbocycles. The van der Waals surface area contributed by atoms with E-state index in [1.54, 1.807) is 0 Å². The Morgan fingerprint density at radius 2 is 2.04 bits per heavy atom. The highest BCUT2D eigenvalue weighted by molar-refractivity contribution is 7.17. The van der Waals surface area contributed by atoms with Crippen LogP contribution in [0.2, 0.25) is 0 Å². The molecule has 0 unspecified atom stereocenters. The van der Waals surface area contributed by atoms with Crippen LogP contribution >= 0.6 is 11.3 Å². The largest absolute Gasteiger partial charge is 0.309 e. The molecule has 2 N–H and O–H groups in total. The summed E-state index contributed by atoms with van der Waals surface area (Å²) in [7, 11) is 0. The van der Waals surface area contributed by atoms with Crippen LogP contribution in [0, 0.1) is 0 Å². The zero-order valence-electron chi connectivity index (χ0n) is 14.1. The number of aromatic amines is 1. The van der Waals surface area contributed by atoms with Gasteiger partial charge < -0.3 is 10.3 Å². The summed E-state index contributed by atoms with van der Waals surface area (Å²) in [6.07, 6.45) is 3.56. The monoisotopic (exact) mass is 341 g/mol. The van der Waals surface area contributed by atoms with E-state index in [0.717, 1.165) is 28.9 Å². The Hall–Kier alpha value is -1.98. The molecule has 0 radical (unpaired) electrons. The van der Waals surface area contributed by atoms with Crippen molar-refractivity contribution in [2.45, 2.75) is 39.2 Å². The smallest absolute Gasteiger partial charge is 0.260 e. The van der Waals surface area contributed by atoms with Crippen LogP contribution in [-0.4, -0.2) is 16.5 Å². The topological polar surface area (TPSA) is 57.8 Å². The molecule has 1 aromatic carbocycles. The van der Waals surface area contributed by atoms with Gasteiger partial charge in [-0.3, -0.25) is 4.79 Å². The van der Waals surface area contributed by atoms with Crippen molar-refractivity contribution in [2.24, 2.45) is 0 Å². The van der Waals surface area contributed by atoms with Gasteiger partial charge in [-0.25, -0.2) is 4.98 Å². The lowest BCUT2D eigenvalue weighted by molar-refractivity contribution is 0.524. The van der Waals surface area contributed by atoms with Crippen LogP contribution in [-0.2, 0) is 0 Å². The van der Waals surface area contributed by atoms with Gasteiger partial charge in [0.05, 0.1) is 11.4 Å². The highest BCUT2D eigenvalue weighted by Gasteiger charge is 2.15. The summed E-state index contributed by atoms with van der Waals surface area (Å²) in [5.41, 5.74) is 1.95. The molecule has 0 aliphatic carbocycles. The first-order valence-electron chi connectivity index (χ1n) is 8.51. The first-order chi connectivity index (χ1) is 11.7. The van der Waals surface area contributed by atoms with Crippen molar-refractivity contribution < 1.29 is 0 Å². The summed E-state index contributed by atoms with van der Waals surface area (Å²) in [6.45, 7) is 5.18. The van der Waals surface area contributed by atoms with Crippen LogP contribution in [0.5, 0.6) is 0 Å². The van der Waals surface area contributed by atoms with E-state index in [9.17, 15) is 4.79 Å². The molecule has 126 valence electrons. The molecule has 0 spiro atoms. The van der Waals surface area contributed by atoms with E-state index >= 15 is 0 Å². The van der Waals surface area contributed by atoms with Gasteiger partial charge in [-0.2, -0.15) is 0 Å². The molecular weight excluding hydrogens is 318 g/mol. The molecule has 3 aromatic rings. The first kappa shape index (κ1) is 16.9. The molecule has 0 fully saturated rings. The van der Waals surface area contributed by atoms with E-state index in [1.807, 2.05) is 42.6 Å². The molecular formula is C19H23N3OS. The first-order valence-corrected chi connectivity index (χ1v) is 9.39. The molecule has 2 aromatic heterocycles. The summed E-state index contributed by atoms with van der Waals surface area (Å²) >= 11 is 1.53. The Bertz CT molecular complexity index is 854. The van der Waals surface area contributed by atoms with Crippen LogP contribution in [0.15, 0.2) is 40.5 Å². The van der Waals surface area contributed by atoms with Gasteiger partial charge in [0.25, 0.3) is 5.56 Å². The van der Waals surface area contributed by atoms with Gasteiger partial charge in [0.15, 0.2) is 0 Å². The van der Waals surface area contributed by atoms with E-state index in [-0.39, 0.29) is 11.6 Å². The standard InChI is InChI=1S/C19H23N3OS/c1-3-4-8-11-20-13(2)17-21-18(23)16-15(12-24-19(16)22-17)14-9-6-5-7-10-14/h5-7,9-10,12-13,20H,3-4,8,11H2,1-2H3,(H,21,22,23)/t13-/m0/s1. The summed E-state index contributed by atoms with van der Waals surface area (Å²) in [5.74, 6) is 0.713. The van der Waals surface area contributed by atoms with E-state index in [0.29, 0.717) is 11.2 Å². The lowest BCUT2D eigenvalue weighted by Crippen LogP contribution is -2.24. The number of hydrogen-bond acceptors (Lipinski definition) is 4. The molecule has 24 heavy (non-hydrogen) atoms. The van der Waals surface area contributed by atoms with E-state index in [2.05, 4.69) is 22.2 Å². The van der Waals surface area contributed by atoms with Crippen molar-refractivity contribution >= 4 is 21.6 Å². The molecule has 1 atom stereocenters. The van der Waals surface area contributed by atoms with Crippen LogP contribution in [0.25, 0.3) is 21.3 Å².